The molecule has 92 valence electrons. The first-order valence-corrected chi connectivity index (χ1v) is 6.65. The van der Waals surface area contributed by atoms with Crippen LogP contribution in [0.5, 0.6) is 0 Å². The highest BCUT2D eigenvalue weighted by Gasteiger charge is 2.24. The maximum Gasteiger partial charge on any atom is 0.225 e. The molecule has 2 fully saturated rings. The molecule has 2 aliphatic heterocycles. The highest BCUT2D eigenvalue weighted by atomic mass is 16.5. The average molecular weight is 225 g/mol. The van der Waals surface area contributed by atoms with E-state index >= 15 is 0 Å². The largest absolute Gasteiger partial charge is 0.378 e. The fourth-order valence-electron chi connectivity index (χ4n) is 2.55. The van der Waals surface area contributed by atoms with Crippen molar-refractivity contribution in [3.63, 3.8) is 0 Å². The minimum absolute atomic E-state index is 0.195. The van der Waals surface area contributed by atoms with E-state index in [2.05, 4.69) is 6.92 Å². The third kappa shape index (κ3) is 3.21. The van der Waals surface area contributed by atoms with Crippen molar-refractivity contribution in [2.45, 2.75) is 51.6 Å². The zero-order valence-electron chi connectivity index (χ0n) is 10.3. The maximum atomic E-state index is 12.0. The molecule has 16 heavy (non-hydrogen) atoms. The molecule has 2 heterocycles. The number of nitrogens with zero attached hydrogens (tertiary/aromatic N) is 1. The average Bonchev–Trinajstić information content (AvgIpc) is 2.31. The summed E-state index contributed by atoms with van der Waals surface area (Å²) in [6, 6.07) is 0. The predicted molar refractivity (Wildman–Crippen MR) is 63.2 cm³/mol. The van der Waals surface area contributed by atoms with Crippen LogP contribution in [0.2, 0.25) is 0 Å². The van der Waals surface area contributed by atoms with Crippen LogP contribution in [0.1, 0.15) is 45.4 Å². The molecule has 0 aliphatic carbocycles. The molecule has 3 heteroatoms. The molecule has 0 aromatic heterocycles. The summed E-state index contributed by atoms with van der Waals surface area (Å²) < 4.78 is 5.61. The van der Waals surface area contributed by atoms with Crippen LogP contribution >= 0.6 is 0 Å². The summed E-state index contributed by atoms with van der Waals surface area (Å²) >= 11 is 0. The van der Waals surface area contributed by atoms with Crippen LogP contribution in [-0.2, 0) is 9.53 Å². The van der Waals surface area contributed by atoms with Gasteiger partial charge in [0.1, 0.15) is 0 Å². The van der Waals surface area contributed by atoms with E-state index < -0.39 is 0 Å². The van der Waals surface area contributed by atoms with Crippen molar-refractivity contribution in [3.8, 4) is 0 Å². The molecule has 0 N–H and O–H groups in total. The molecule has 0 spiro atoms. The first-order chi connectivity index (χ1) is 7.75. The Labute approximate surface area is 98.1 Å². The number of hydrogen-bond acceptors (Lipinski definition) is 2. The van der Waals surface area contributed by atoms with Gasteiger partial charge in [0.15, 0.2) is 0 Å². The Morgan fingerprint density at radius 2 is 2.00 bits per heavy atom. The van der Waals surface area contributed by atoms with E-state index in [-0.39, 0.29) is 6.10 Å². The number of rotatable bonds is 2. The number of hydrogen-bond donors (Lipinski definition) is 0. The van der Waals surface area contributed by atoms with Crippen LogP contribution in [0.3, 0.4) is 0 Å². The molecular weight excluding hydrogens is 202 g/mol. The van der Waals surface area contributed by atoms with Crippen molar-refractivity contribution in [3.05, 3.63) is 0 Å². The van der Waals surface area contributed by atoms with Crippen LogP contribution < -0.4 is 0 Å². The van der Waals surface area contributed by atoms with Crippen molar-refractivity contribution in [1.29, 1.82) is 0 Å². The molecule has 3 nitrogen and oxygen atoms in total. The van der Waals surface area contributed by atoms with E-state index in [1.54, 1.807) is 0 Å². The fraction of sp³-hybridized carbons (Fsp3) is 0.923. The third-order valence-corrected chi connectivity index (χ3v) is 3.81. The van der Waals surface area contributed by atoms with Crippen molar-refractivity contribution in [2.75, 3.05) is 19.7 Å². The Kier molecular flexibility index (Phi) is 4.22. The van der Waals surface area contributed by atoms with Gasteiger partial charge in [-0.05, 0) is 38.0 Å². The summed E-state index contributed by atoms with van der Waals surface area (Å²) in [4.78, 5) is 14.0. The number of carbonyl (C=O) groups is 1. The molecule has 0 saturated carbocycles. The first-order valence-electron chi connectivity index (χ1n) is 6.65. The second-order valence-corrected chi connectivity index (χ2v) is 5.26. The summed E-state index contributed by atoms with van der Waals surface area (Å²) in [5.41, 5.74) is 0. The second-order valence-electron chi connectivity index (χ2n) is 5.26. The second kappa shape index (κ2) is 5.67. The lowest BCUT2D eigenvalue weighted by molar-refractivity contribution is -0.136. The van der Waals surface area contributed by atoms with Crippen molar-refractivity contribution in [1.82, 2.24) is 4.90 Å². The van der Waals surface area contributed by atoms with E-state index in [0.717, 1.165) is 51.3 Å². The van der Waals surface area contributed by atoms with Gasteiger partial charge in [-0.2, -0.15) is 0 Å². The van der Waals surface area contributed by atoms with Gasteiger partial charge in [-0.1, -0.05) is 6.92 Å². The summed E-state index contributed by atoms with van der Waals surface area (Å²) in [5.74, 6) is 1.09. The monoisotopic (exact) mass is 225 g/mol. The standard InChI is InChI=1S/C13H23NO2/c1-11-5-7-14(8-6-11)13(15)10-12-4-2-3-9-16-12/h11-12H,2-10H2,1H3. The summed E-state index contributed by atoms with van der Waals surface area (Å²) in [7, 11) is 0. The lowest BCUT2D eigenvalue weighted by Gasteiger charge is -2.32. The van der Waals surface area contributed by atoms with E-state index in [0.29, 0.717) is 12.3 Å². The number of piperidine rings is 1. The molecule has 0 radical (unpaired) electrons. The molecule has 2 saturated heterocycles. The van der Waals surface area contributed by atoms with Gasteiger partial charge in [-0.25, -0.2) is 0 Å². The van der Waals surface area contributed by atoms with Crippen LogP contribution in [0.4, 0.5) is 0 Å². The Balaban J connectivity index is 1.74. The Morgan fingerprint density at radius 3 is 2.62 bits per heavy atom. The molecule has 0 bridgehead atoms. The smallest absolute Gasteiger partial charge is 0.225 e. The molecule has 1 unspecified atom stereocenters. The van der Waals surface area contributed by atoms with Gasteiger partial charge in [0.2, 0.25) is 5.91 Å². The molecular formula is C13H23NO2. The summed E-state index contributed by atoms with van der Waals surface area (Å²) in [5, 5.41) is 0. The Morgan fingerprint density at radius 1 is 1.25 bits per heavy atom. The molecule has 1 atom stereocenters. The minimum atomic E-state index is 0.195. The van der Waals surface area contributed by atoms with Gasteiger partial charge in [0.05, 0.1) is 12.5 Å². The summed E-state index contributed by atoms with van der Waals surface area (Å²) in [6.45, 7) is 5.01. The zero-order valence-corrected chi connectivity index (χ0v) is 10.3. The van der Waals surface area contributed by atoms with Crippen LogP contribution in [0.25, 0.3) is 0 Å². The van der Waals surface area contributed by atoms with E-state index in [4.69, 9.17) is 4.74 Å². The number of ether oxygens (including phenoxy) is 1. The van der Waals surface area contributed by atoms with Crippen molar-refractivity contribution in [2.24, 2.45) is 5.92 Å². The zero-order chi connectivity index (χ0) is 11.4. The molecule has 2 aliphatic rings. The maximum absolute atomic E-state index is 12.0. The lowest BCUT2D eigenvalue weighted by Crippen LogP contribution is -2.40. The predicted octanol–water partition coefficient (Wildman–Crippen LogP) is 2.20. The van der Waals surface area contributed by atoms with Crippen molar-refractivity contribution < 1.29 is 9.53 Å². The molecule has 0 aromatic rings. The third-order valence-electron chi connectivity index (χ3n) is 3.81. The Hall–Kier alpha value is -0.570. The van der Waals surface area contributed by atoms with Gasteiger partial charge in [0, 0.05) is 19.7 Å². The topological polar surface area (TPSA) is 29.5 Å². The number of carbonyl (C=O) groups excluding carboxylic acids is 1. The van der Waals surface area contributed by atoms with Gasteiger partial charge >= 0.3 is 0 Å². The first kappa shape index (κ1) is 11.9. The van der Waals surface area contributed by atoms with Gasteiger partial charge < -0.3 is 9.64 Å². The minimum Gasteiger partial charge on any atom is -0.378 e. The van der Waals surface area contributed by atoms with E-state index in [9.17, 15) is 4.79 Å². The van der Waals surface area contributed by atoms with Crippen LogP contribution in [-0.4, -0.2) is 36.6 Å². The lowest BCUT2D eigenvalue weighted by atomic mass is 9.98. The van der Waals surface area contributed by atoms with E-state index in [1.807, 2.05) is 4.90 Å². The molecule has 1 amide bonds. The number of amides is 1. The fourth-order valence-corrected chi connectivity index (χ4v) is 2.55. The van der Waals surface area contributed by atoms with Gasteiger partial charge in [-0.15, -0.1) is 0 Å². The quantitative estimate of drug-likeness (QED) is 0.721. The van der Waals surface area contributed by atoms with Crippen LogP contribution in [0, 0.1) is 5.92 Å². The SMILES string of the molecule is CC1CCN(C(=O)CC2CCCCO2)CC1. The van der Waals surface area contributed by atoms with E-state index in [1.165, 1.54) is 6.42 Å². The normalized spacial score (nSPS) is 28.1. The molecule has 2 rings (SSSR count). The van der Waals surface area contributed by atoms with Crippen molar-refractivity contribution >= 4 is 5.91 Å². The molecule has 0 aromatic carbocycles. The highest BCUT2D eigenvalue weighted by molar-refractivity contribution is 5.76. The van der Waals surface area contributed by atoms with Crippen LogP contribution in [0.15, 0.2) is 0 Å². The Bertz CT molecular complexity index is 228. The van der Waals surface area contributed by atoms with Gasteiger partial charge in [0.25, 0.3) is 0 Å². The summed E-state index contributed by atoms with van der Waals surface area (Å²) in [6.07, 6.45) is 6.57. The van der Waals surface area contributed by atoms with Gasteiger partial charge in [-0.3, -0.25) is 4.79 Å². The number of likely N-dealkylation sites (tertiary alicyclic amines) is 1. The highest BCUT2D eigenvalue weighted by Crippen LogP contribution is 2.20.